The van der Waals surface area contributed by atoms with E-state index in [1.165, 1.54) is 51.4 Å². The predicted molar refractivity (Wildman–Crippen MR) is 154 cm³/mol. The summed E-state index contributed by atoms with van der Waals surface area (Å²) in [5.41, 5.74) is 0. The number of rotatable bonds is 29. The molecule has 0 aliphatic rings. The Bertz CT molecular complexity index is 500. The van der Waals surface area contributed by atoms with E-state index >= 15 is 0 Å². The van der Waals surface area contributed by atoms with Gasteiger partial charge in [0.05, 0.1) is 19.8 Å². The van der Waals surface area contributed by atoms with Crippen molar-refractivity contribution in [2.75, 3.05) is 39.5 Å². The van der Waals surface area contributed by atoms with Crippen molar-refractivity contribution in [3.05, 3.63) is 0 Å². The van der Waals surface area contributed by atoms with Crippen LogP contribution in [-0.2, 0) is 19.1 Å². The third-order valence-electron chi connectivity index (χ3n) is 6.90. The van der Waals surface area contributed by atoms with Crippen molar-refractivity contribution in [2.45, 2.75) is 149 Å². The summed E-state index contributed by atoms with van der Waals surface area (Å²) in [6.45, 7) is 8.49. The summed E-state index contributed by atoms with van der Waals surface area (Å²) >= 11 is 0. The number of aliphatic hydroxyl groups is 1. The number of esters is 2. The highest BCUT2D eigenvalue weighted by Gasteiger charge is 2.06. The SMILES string of the molecule is CCCCCCCCCOC(=O)CCCCCCCN(CCO)CCCCCCCC(=O)OCCCC. The van der Waals surface area contributed by atoms with Crippen molar-refractivity contribution >= 4 is 11.9 Å². The number of ether oxygens (including phenoxy) is 2. The molecule has 0 aliphatic carbocycles. The van der Waals surface area contributed by atoms with Crippen LogP contribution in [0, 0.1) is 0 Å². The van der Waals surface area contributed by atoms with Gasteiger partial charge < -0.3 is 19.5 Å². The van der Waals surface area contributed by atoms with Gasteiger partial charge in [0.1, 0.15) is 0 Å². The molecule has 1 N–H and O–H groups in total. The first-order valence-electron chi connectivity index (χ1n) is 15.8. The van der Waals surface area contributed by atoms with Crippen molar-refractivity contribution in [1.82, 2.24) is 4.90 Å². The molecule has 0 atom stereocenters. The number of hydrogen-bond donors (Lipinski definition) is 1. The molecule has 0 bridgehead atoms. The van der Waals surface area contributed by atoms with E-state index in [9.17, 15) is 14.7 Å². The zero-order valence-corrected chi connectivity index (χ0v) is 24.6. The number of carbonyl (C=O) groups excluding carboxylic acids is 2. The molecule has 0 saturated heterocycles. The number of carbonyl (C=O) groups is 2. The van der Waals surface area contributed by atoms with Crippen LogP contribution in [0.25, 0.3) is 0 Å². The minimum absolute atomic E-state index is 0.0352. The van der Waals surface area contributed by atoms with Crippen LogP contribution in [0.1, 0.15) is 149 Å². The van der Waals surface area contributed by atoms with Crippen LogP contribution in [0.2, 0.25) is 0 Å². The fraction of sp³-hybridized carbons (Fsp3) is 0.935. The minimum atomic E-state index is -0.0543. The standard InChI is InChI=1S/C31H61NO5/c1-3-5-7-8-9-16-21-29-37-31(35)23-18-13-11-15-20-25-32(26-27-33)24-19-14-10-12-17-22-30(34)36-28-6-4-2/h33H,3-29H2,1-2H3. The van der Waals surface area contributed by atoms with Crippen LogP contribution in [0.15, 0.2) is 0 Å². The summed E-state index contributed by atoms with van der Waals surface area (Å²) in [6, 6.07) is 0. The Morgan fingerprint density at radius 1 is 0.514 bits per heavy atom. The lowest BCUT2D eigenvalue weighted by molar-refractivity contribution is -0.144. The Hall–Kier alpha value is -1.14. The highest BCUT2D eigenvalue weighted by Crippen LogP contribution is 2.11. The second-order valence-electron chi connectivity index (χ2n) is 10.5. The Morgan fingerprint density at radius 2 is 0.919 bits per heavy atom. The average molecular weight is 528 g/mol. The molecule has 37 heavy (non-hydrogen) atoms. The lowest BCUT2D eigenvalue weighted by atomic mass is 10.1. The topological polar surface area (TPSA) is 76.1 Å². The van der Waals surface area contributed by atoms with Gasteiger partial charge in [-0.1, -0.05) is 97.3 Å². The molecular weight excluding hydrogens is 466 g/mol. The van der Waals surface area contributed by atoms with E-state index < -0.39 is 0 Å². The van der Waals surface area contributed by atoms with Gasteiger partial charge >= 0.3 is 11.9 Å². The van der Waals surface area contributed by atoms with Gasteiger partial charge in [-0.05, 0) is 51.6 Å². The predicted octanol–water partition coefficient (Wildman–Crippen LogP) is 7.60. The van der Waals surface area contributed by atoms with E-state index in [1.807, 2.05) is 0 Å². The molecule has 0 heterocycles. The van der Waals surface area contributed by atoms with Crippen LogP contribution in [0.4, 0.5) is 0 Å². The van der Waals surface area contributed by atoms with Crippen LogP contribution < -0.4 is 0 Å². The molecule has 6 nitrogen and oxygen atoms in total. The fourth-order valence-electron chi connectivity index (χ4n) is 4.47. The summed E-state index contributed by atoms with van der Waals surface area (Å²) in [6.07, 6.45) is 22.7. The lowest BCUT2D eigenvalue weighted by Crippen LogP contribution is -2.29. The Balaban J connectivity index is 3.55. The van der Waals surface area contributed by atoms with E-state index in [0.29, 0.717) is 26.1 Å². The van der Waals surface area contributed by atoms with Gasteiger partial charge in [0.25, 0.3) is 0 Å². The van der Waals surface area contributed by atoms with Gasteiger partial charge in [-0.25, -0.2) is 0 Å². The zero-order chi connectivity index (χ0) is 27.2. The molecule has 0 unspecified atom stereocenters. The Morgan fingerprint density at radius 3 is 1.41 bits per heavy atom. The average Bonchev–Trinajstić information content (AvgIpc) is 2.89. The van der Waals surface area contributed by atoms with Gasteiger partial charge in [0.2, 0.25) is 0 Å². The molecule has 220 valence electrons. The first-order valence-corrected chi connectivity index (χ1v) is 15.8. The first-order chi connectivity index (χ1) is 18.1. The highest BCUT2D eigenvalue weighted by molar-refractivity contribution is 5.69. The van der Waals surface area contributed by atoms with Crippen molar-refractivity contribution in [2.24, 2.45) is 0 Å². The third-order valence-corrected chi connectivity index (χ3v) is 6.90. The smallest absolute Gasteiger partial charge is 0.305 e. The van der Waals surface area contributed by atoms with Crippen LogP contribution in [0.5, 0.6) is 0 Å². The molecule has 0 radical (unpaired) electrons. The van der Waals surface area contributed by atoms with Gasteiger partial charge in [-0.15, -0.1) is 0 Å². The molecule has 0 aromatic heterocycles. The van der Waals surface area contributed by atoms with Gasteiger partial charge in [-0.3, -0.25) is 9.59 Å². The largest absolute Gasteiger partial charge is 0.466 e. The minimum Gasteiger partial charge on any atom is -0.466 e. The lowest BCUT2D eigenvalue weighted by Gasteiger charge is -2.21. The van der Waals surface area contributed by atoms with E-state index in [1.54, 1.807) is 0 Å². The maximum absolute atomic E-state index is 11.9. The quantitative estimate of drug-likeness (QED) is 0.0797. The number of hydrogen-bond acceptors (Lipinski definition) is 6. The molecule has 0 spiro atoms. The molecule has 0 aromatic rings. The maximum atomic E-state index is 11.9. The van der Waals surface area contributed by atoms with Crippen molar-refractivity contribution in [3.63, 3.8) is 0 Å². The summed E-state index contributed by atoms with van der Waals surface area (Å²) in [5, 5.41) is 9.37. The Labute approximate surface area is 229 Å². The maximum Gasteiger partial charge on any atom is 0.305 e. The van der Waals surface area contributed by atoms with Crippen LogP contribution in [-0.4, -0.2) is 61.4 Å². The van der Waals surface area contributed by atoms with E-state index in [2.05, 4.69) is 18.7 Å². The normalized spacial score (nSPS) is 11.2. The molecule has 0 rings (SSSR count). The zero-order valence-electron chi connectivity index (χ0n) is 24.6. The number of unbranched alkanes of at least 4 members (excludes halogenated alkanes) is 15. The van der Waals surface area contributed by atoms with Gasteiger partial charge in [-0.2, -0.15) is 0 Å². The molecule has 0 aromatic carbocycles. The first kappa shape index (κ1) is 35.9. The third kappa shape index (κ3) is 27.7. The molecule has 6 heteroatoms. The van der Waals surface area contributed by atoms with E-state index in [-0.39, 0.29) is 18.5 Å². The van der Waals surface area contributed by atoms with E-state index in [4.69, 9.17) is 9.47 Å². The summed E-state index contributed by atoms with van der Waals surface area (Å²) in [7, 11) is 0. The van der Waals surface area contributed by atoms with Gasteiger partial charge in [0, 0.05) is 19.4 Å². The summed E-state index contributed by atoms with van der Waals surface area (Å²) in [5.74, 6) is -0.0895. The second kappa shape index (κ2) is 29.4. The number of nitrogens with zero attached hydrogens (tertiary/aromatic N) is 1. The fourth-order valence-corrected chi connectivity index (χ4v) is 4.47. The van der Waals surface area contributed by atoms with Crippen molar-refractivity contribution in [1.29, 1.82) is 0 Å². The number of aliphatic hydroxyl groups excluding tert-OH is 1. The van der Waals surface area contributed by atoms with Crippen LogP contribution in [0.3, 0.4) is 0 Å². The van der Waals surface area contributed by atoms with E-state index in [0.717, 1.165) is 90.3 Å². The second-order valence-corrected chi connectivity index (χ2v) is 10.5. The molecule has 0 aliphatic heterocycles. The monoisotopic (exact) mass is 527 g/mol. The van der Waals surface area contributed by atoms with Crippen molar-refractivity contribution < 1.29 is 24.2 Å². The molecule has 0 saturated carbocycles. The summed E-state index contributed by atoms with van der Waals surface area (Å²) in [4.78, 5) is 25.8. The highest BCUT2D eigenvalue weighted by atomic mass is 16.5. The molecule has 0 amide bonds. The molecular formula is C31H61NO5. The van der Waals surface area contributed by atoms with Gasteiger partial charge in [0.15, 0.2) is 0 Å². The summed E-state index contributed by atoms with van der Waals surface area (Å²) < 4.78 is 10.6. The van der Waals surface area contributed by atoms with Crippen LogP contribution >= 0.6 is 0 Å². The van der Waals surface area contributed by atoms with Crippen molar-refractivity contribution in [3.8, 4) is 0 Å². The molecule has 0 fully saturated rings. The Kier molecular flexibility index (Phi) is 28.5.